The Morgan fingerprint density at radius 1 is 1.33 bits per heavy atom. The molecule has 0 unspecified atom stereocenters. The van der Waals surface area contributed by atoms with Crippen molar-refractivity contribution in [3.8, 4) is 0 Å². The molecule has 0 fully saturated rings. The lowest BCUT2D eigenvalue weighted by atomic mass is 10.2. The molecule has 0 radical (unpaired) electrons. The SMILES string of the molecule is Cc1cc(C)nc(NC(=O)c2cc(N)ncc2[N+](=O)[O-])c1. The molecule has 0 saturated carbocycles. The highest BCUT2D eigenvalue weighted by molar-refractivity contribution is 6.07. The molecule has 3 N–H and O–H groups in total. The number of hydrogen-bond donors (Lipinski definition) is 2. The van der Waals surface area contributed by atoms with Crippen molar-refractivity contribution < 1.29 is 9.72 Å². The molecule has 0 aliphatic carbocycles. The van der Waals surface area contributed by atoms with Crippen LogP contribution in [0, 0.1) is 24.0 Å². The maximum atomic E-state index is 12.2. The van der Waals surface area contributed by atoms with E-state index >= 15 is 0 Å². The smallest absolute Gasteiger partial charge is 0.300 e. The van der Waals surface area contributed by atoms with Gasteiger partial charge in [-0.25, -0.2) is 9.97 Å². The minimum atomic E-state index is -0.684. The Labute approximate surface area is 120 Å². The second-order valence-corrected chi connectivity index (χ2v) is 4.51. The van der Waals surface area contributed by atoms with Crippen molar-refractivity contribution in [1.82, 2.24) is 9.97 Å². The summed E-state index contributed by atoms with van der Waals surface area (Å²) in [5.74, 6) is -0.311. The Balaban J connectivity index is 2.36. The first-order valence-corrected chi connectivity index (χ1v) is 6.03. The van der Waals surface area contributed by atoms with E-state index in [4.69, 9.17) is 5.73 Å². The molecule has 1 amide bonds. The number of rotatable bonds is 3. The van der Waals surface area contributed by atoms with Crippen LogP contribution in [0.5, 0.6) is 0 Å². The van der Waals surface area contributed by atoms with E-state index in [9.17, 15) is 14.9 Å². The maximum absolute atomic E-state index is 12.2. The molecule has 0 spiro atoms. The molecule has 2 aromatic heterocycles. The fourth-order valence-electron chi connectivity index (χ4n) is 1.88. The van der Waals surface area contributed by atoms with Gasteiger partial charge >= 0.3 is 0 Å². The van der Waals surface area contributed by atoms with Crippen molar-refractivity contribution in [1.29, 1.82) is 0 Å². The number of aromatic nitrogens is 2. The lowest BCUT2D eigenvalue weighted by Gasteiger charge is -2.07. The Morgan fingerprint density at radius 2 is 2.05 bits per heavy atom. The molecule has 21 heavy (non-hydrogen) atoms. The van der Waals surface area contributed by atoms with Crippen LogP contribution < -0.4 is 11.1 Å². The number of nitrogens with one attached hydrogen (secondary N) is 1. The van der Waals surface area contributed by atoms with Crippen LogP contribution in [0.4, 0.5) is 17.3 Å². The van der Waals surface area contributed by atoms with Gasteiger partial charge in [0.1, 0.15) is 23.4 Å². The average Bonchev–Trinajstić information content (AvgIpc) is 2.36. The summed E-state index contributed by atoms with van der Waals surface area (Å²) in [6.45, 7) is 3.65. The fraction of sp³-hybridized carbons (Fsp3) is 0.154. The summed E-state index contributed by atoms with van der Waals surface area (Å²) in [5, 5.41) is 13.5. The first-order chi connectivity index (χ1) is 9.86. The summed E-state index contributed by atoms with van der Waals surface area (Å²) in [4.78, 5) is 30.2. The van der Waals surface area contributed by atoms with Crippen molar-refractivity contribution in [2.45, 2.75) is 13.8 Å². The number of carbonyl (C=O) groups excluding carboxylic acids is 1. The predicted octanol–water partition coefficient (Wildman–Crippen LogP) is 1.84. The lowest BCUT2D eigenvalue weighted by Crippen LogP contribution is -2.16. The number of hydrogen-bond acceptors (Lipinski definition) is 6. The van der Waals surface area contributed by atoms with Gasteiger partial charge in [-0.15, -0.1) is 0 Å². The van der Waals surface area contributed by atoms with Crippen LogP contribution in [0.15, 0.2) is 24.4 Å². The fourth-order valence-corrected chi connectivity index (χ4v) is 1.88. The van der Waals surface area contributed by atoms with E-state index in [0.29, 0.717) is 5.82 Å². The van der Waals surface area contributed by atoms with E-state index < -0.39 is 16.5 Å². The van der Waals surface area contributed by atoms with Gasteiger partial charge in [-0.3, -0.25) is 14.9 Å². The van der Waals surface area contributed by atoms with E-state index in [1.54, 1.807) is 13.0 Å². The first-order valence-electron chi connectivity index (χ1n) is 6.03. The molecule has 8 nitrogen and oxygen atoms in total. The summed E-state index contributed by atoms with van der Waals surface area (Å²) in [6.07, 6.45) is 0.958. The van der Waals surface area contributed by atoms with Crippen molar-refractivity contribution in [2.24, 2.45) is 0 Å². The largest absolute Gasteiger partial charge is 0.384 e. The average molecular weight is 287 g/mol. The number of nitrogens with two attached hydrogens (primary N) is 1. The zero-order chi connectivity index (χ0) is 15.6. The third kappa shape index (κ3) is 3.30. The van der Waals surface area contributed by atoms with E-state index in [0.717, 1.165) is 23.5 Å². The maximum Gasteiger partial charge on any atom is 0.300 e. The van der Waals surface area contributed by atoms with Gasteiger partial charge in [0, 0.05) is 5.69 Å². The second-order valence-electron chi connectivity index (χ2n) is 4.51. The highest BCUT2D eigenvalue weighted by Crippen LogP contribution is 2.20. The van der Waals surface area contributed by atoms with Gasteiger partial charge < -0.3 is 11.1 Å². The second kappa shape index (κ2) is 5.53. The molecule has 0 aliphatic heterocycles. The van der Waals surface area contributed by atoms with Gasteiger partial charge in [0.25, 0.3) is 11.6 Å². The molecule has 2 heterocycles. The molecular weight excluding hydrogens is 274 g/mol. The predicted molar refractivity (Wildman–Crippen MR) is 77.0 cm³/mol. The molecule has 2 rings (SSSR count). The number of nitrogen functional groups attached to an aromatic ring is 1. The molecule has 0 aromatic carbocycles. The number of pyridine rings is 2. The number of amides is 1. The van der Waals surface area contributed by atoms with E-state index in [1.165, 1.54) is 0 Å². The standard InChI is InChI=1S/C13H13N5O3/c1-7-3-8(2)16-12(4-7)17-13(19)9-5-11(14)15-6-10(9)18(20)21/h3-6H,1-2H3,(H2,14,15)(H,16,17,19). The van der Waals surface area contributed by atoms with Crippen LogP contribution in [0.25, 0.3) is 0 Å². The molecule has 8 heteroatoms. The molecule has 0 bridgehead atoms. The number of nitrogens with zero attached hydrogens (tertiary/aromatic N) is 3. The number of nitro groups is 1. The van der Waals surface area contributed by atoms with Crippen LogP contribution in [-0.4, -0.2) is 20.8 Å². The van der Waals surface area contributed by atoms with Gasteiger partial charge in [0.15, 0.2) is 0 Å². The summed E-state index contributed by atoms with van der Waals surface area (Å²) < 4.78 is 0. The quantitative estimate of drug-likeness (QED) is 0.655. The van der Waals surface area contributed by atoms with Crippen molar-refractivity contribution in [3.05, 3.63) is 51.3 Å². The Hall–Kier alpha value is -3.03. The van der Waals surface area contributed by atoms with Crippen LogP contribution in [0.3, 0.4) is 0 Å². The summed E-state index contributed by atoms with van der Waals surface area (Å²) in [6, 6.07) is 4.68. The topological polar surface area (TPSA) is 124 Å². The highest BCUT2D eigenvalue weighted by atomic mass is 16.6. The molecule has 0 saturated heterocycles. The van der Waals surface area contributed by atoms with Crippen LogP contribution in [0.2, 0.25) is 0 Å². The van der Waals surface area contributed by atoms with E-state index in [-0.39, 0.29) is 11.4 Å². The van der Waals surface area contributed by atoms with E-state index in [2.05, 4.69) is 15.3 Å². The van der Waals surface area contributed by atoms with Gasteiger partial charge in [0.2, 0.25) is 0 Å². The van der Waals surface area contributed by atoms with Gasteiger partial charge in [-0.05, 0) is 37.6 Å². The number of aryl methyl sites for hydroxylation is 2. The summed E-state index contributed by atoms with van der Waals surface area (Å²) in [7, 11) is 0. The first kappa shape index (κ1) is 14.4. The number of anilines is 2. The Bertz CT molecular complexity index is 709. The normalized spacial score (nSPS) is 10.2. The molecule has 2 aromatic rings. The minimum absolute atomic E-state index is 0.0270. The lowest BCUT2D eigenvalue weighted by molar-refractivity contribution is -0.385. The third-order valence-electron chi connectivity index (χ3n) is 2.68. The summed E-state index contributed by atoms with van der Waals surface area (Å²) >= 11 is 0. The van der Waals surface area contributed by atoms with Gasteiger partial charge in [-0.2, -0.15) is 0 Å². The summed E-state index contributed by atoms with van der Waals surface area (Å²) in [5.41, 5.74) is 6.56. The molecule has 0 atom stereocenters. The zero-order valence-electron chi connectivity index (χ0n) is 11.5. The molecular formula is C13H13N5O3. The highest BCUT2D eigenvalue weighted by Gasteiger charge is 2.21. The number of carbonyl (C=O) groups is 1. The van der Waals surface area contributed by atoms with E-state index in [1.807, 2.05) is 13.0 Å². The van der Waals surface area contributed by atoms with Crippen molar-refractivity contribution in [3.63, 3.8) is 0 Å². The zero-order valence-corrected chi connectivity index (χ0v) is 11.5. The minimum Gasteiger partial charge on any atom is -0.384 e. The third-order valence-corrected chi connectivity index (χ3v) is 2.68. The van der Waals surface area contributed by atoms with Crippen molar-refractivity contribution >= 4 is 23.2 Å². The van der Waals surface area contributed by atoms with Crippen LogP contribution >= 0.6 is 0 Å². The molecule has 0 aliphatic rings. The Kier molecular flexibility index (Phi) is 3.79. The monoisotopic (exact) mass is 287 g/mol. The van der Waals surface area contributed by atoms with Crippen molar-refractivity contribution in [2.75, 3.05) is 11.1 Å². The Morgan fingerprint density at radius 3 is 2.67 bits per heavy atom. The van der Waals surface area contributed by atoms with Gasteiger partial charge in [-0.1, -0.05) is 0 Å². The molecule has 108 valence electrons. The van der Waals surface area contributed by atoms with Crippen LogP contribution in [-0.2, 0) is 0 Å². The van der Waals surface area contributed by atoms with Crippen LogP contribution in [0.1, 0.15) is 21.6 Å². The van der Waals surface area contributed by atoms with Gasteiger partial charge in [0.05, 0.1) is 4.92 Å².